The Balaban J connectivity index is 1.39. The van der Waals surface area contributed by atoms with Gasteiger partial charge in [-0.2, -0.15) is 0 Å². The van der Waals surface area contributed by atoms with Gasteiger partial charge in [0, 0.05) is 6.07 Å². The first-order valence-corrected chi connectivity index (χ1v) is 13.7. The van der Waals surface area contributed by atoms with Gasteiger partial charge in [-0.3, -0.25) is 10.1 Å². The molecule has 5 atom stereocenters. The Bertz CT molecular complexity index is 1390. The molecule has 1 N–H and O–H groups in total. The van der Waals surface area contributed by atoms with Crippen molar-refractivity contribution in [3.05, 3.63) is 142 Å². The van der Waals surface area contributed by atoms with E-state index in [0.29, 0.717) is 6.61 Å². The zero-order valence-electron chi connectivity index (χ0n) is 22.9. The van der Waals surface area contributed by atoms with Gasteiger partial charge in [-0.05, 0) is 22.8 Å². The molecule has 5 rings (SSSR count). The van der Waals surface area contributed by atoms with Crippen molar-refractivity contribution in [1.29, 1.82) is 0 Å². The van der Waals surface area contributed by atoms with Crippen LogP contribution < -0.4 is 4.74 Å². The molecule has 1 heterocycles. The Morgan fingerprint density at radius 2 is 1.26 bits per heavy atom. The first kappa shape index (κ1) is 29.4. The molecule has 9 heteroatoms. The third-order valence-corrected chi connectivity index (χ3v) is 6.86. The highest BCUT2D eigenvalue weighted by Crippen LogP contribution is 2.31. The van der Waals surface area contributed by atoms with Crippen molar-refractivity contribution < 1.29 is 33.7 Å². The number of ether oxygens (including phenoxy) is 5. The molecule has 0 saturated carbocycles. The smallest absolute Gasteiger partial charge is 0.273 e. The maximum atomic E-state index is 11.5. The number of benzene rings is 4. The highest BCUT2D eigenvalue weighted by atomic mass is 16.7. The van der Waals surface area contributed by atoms with Crippen molar-refractivity contribution >= 4 is 5.69 Å². The first-order chi connectivity index (χ1) is 20.6. The molecule has 1 aliphatic rings. The lowest BCUT2D eigenvalue weighted by Crippen LogP contribution is -2.61. The van der Waals surface area contributed by atoms with Gasteiger partial charge >= 0.3 is 0 Å². The summed E-state index contributed by atoms with van der Waals surface area (Å²) in [6.45, 7) is 0.953. The fourth-order valence-corrected chi connectivity index (χ4v) is 4.72. The van der Waals surface area contributed by atoms with Crippen LogP contribution in [0.2, 0.25) is 0 Å². The summed E-state index contributed by atoms with van der Waals surface area (Å²) >= 11 is 0. The van der Waals surface area contributed by atoms with Gasteiger partial charge in [0.2, 0.25) is 6.29 Å². The molecule has 0 amide bonds. The lowest BCUT2D eigenvalue weighted by atomic mass is 9.98. The Kier molecular flexibility index (Phi) is 10.3. The second-order valence-electron chi connectivity index (χ2n) is 9.93. The van der Waals surface area contributed by atoms with Crippen LogP contribution in [-0.2, 0) is 38.8 Å². The van der Waals surface area contributed by atoms with Crippen molar-refractivity contribution in [2.45, 2.75) is 50.5 Å². The number of nitro benzene ring substituents is 1. The van der Waals surface area contributed by atoms with Crippen LogP contribution in [0.15, 0.2) is 115 Å². The summed E-state index contributed by atoms with van der Waals surface area (Å²) < 4.78 is 31.0. The zero-order chi connectivity index (χ0) is 29.1. The average molecular weight is 572 g/mol. The highest BCUT2D eigenvalue weighted by molar-refractivity contribution is 5.38. The summed E-state index contributed by atoms with van der Waals surface area (Å²) in [6.07, 6.45) is -4.75. The fraction of sp³-hybridized carbons (Fsp3) is 0.273. The molecule has 9 nitrogen and oxygen atoms in total. The summed E-state index contributed by atoms with van der Waals surface area (Å²) in [7, 11) is 0. The van der Waals surface area contributed by atoms with Crippen molar-refractivity contribution in [1.82, 2.24) is 0 Å². The van der Waals surface area contributed by atoms with Crippen molar-refractivity contribution in [2.24, 2.45) is 0 Å². The monoisotopic (exact) mass is 571 g/mol. The van der Waals surface area contributed by atoms with Crippen molar-refractivity contribution in [2.75, 3.05) is 6.61 Å². The van der Waals surface area contributed by atoms with E-state index < -0.39 is 35.6 Å². The molecule has 4 aromatic rings. The third-order valence-electron chi connectivity index (χ3n) is 6.86. The van der Waals surface area contributed by atoms with E-state index in [0.717, 1.165) is 16.7 Å². The molecule has 0 aromatic heterocycles. The van der Waals surface area contributed by atoms with Gasteiger partial charge in [0.05, 0.1) is 37.4 Å². The fourth-order valence-electron chi connectivity index (χ4n) is 4.72. The van der Waals surface area contributed by atoms with Gasteiger partial charge < -0.3 is 28.8 Å². The first-order valence-electron chi connectivity index (χ1n) is 13.7. The van der Waals surface area contributed by atoms with Gasteiger partial charge in [0.1, 0.15) is 30.2 Å². The van der Waals surface area contributed by atoms with E-state index in [4.69, 9.17) is 23.7 Å². The van der Waals surface area contributed by atoms with Crippen LogP contribution in [0.3, 0.4) is 0 Å². The maximum absolute atomic E-state index is 11.5. The van der Waals surface area contributed by atoms with E-state index in [2.05, 4.69) is 0 Å². The van der Waals surface area contributed by atoms with Crippen LogP contribution in [0.25, 0.3) is 0 Å². The molecule has 1 aliphatic heterocycles. The summed E-state index contributed by atoms with van der Waals surface area (Å²) in [5, 5.41) is 22.8. The van der Waals surface area contributed by atoms with Crippen LogP contribution in [0.1, 0.15) is 16.7 Å². The second kappa shape index (κ2) is 14.7. The van der Waals surface area contributed by atoms with E-state index >= 15 is 0 Å². The van der Waals surface area contributed by atoms with Crippen LogP contribution in [0, 0.1) is 10.1 Å². The lowest BCUT2D eigenvalue weighted by Gasteiger charge is -2.44. The summed E-state index contributed by atoms with van der Waals surface area (Å²) in [6, 6.07) is 34.8. The van der Waals surface area contributed by atoms with E-state index in [1.165, 1.54) is 18.2 Å². The van der Waals surface area contributed by atoms with Crippen molar-refractivity contribution in [3.63, 3.8) is 0 Å². The molecular weight excluding hydrogens is 538 g/mol. The Labute approximate surface area is 244 Å². The highest BCUT2D eigenvalue weighted by Gasteiger charge is 2.48. The number of non-ortho nitro benzene ring substituents is 1. The number of aliphatic hydroxyl groups is 1. The van der Waals surface area contributed by atoms with E-state index in [1.807, 2.05) is 91.0 Å². The standard InChI is InChI=1S/C33H33NO8/c35-30-32(40-22-26-15-8-3-9-16-26)31(39-21-25-13-6-2-7-14-25)29(23-38-20-24-11-4-1-5-12-24)42-33(30)41-28-18-10-17-27(19-28)34(36)37/h1-19,29-33,35H,20-23H2/t29-,30-,31-,32-,33-/m1/s1. The predicted octanol–water partition coefficient (Wildman–Crippen LogP) is 5.45. The zero-order valence-corrected chi connectivity index (χ0v) is 22.9. The van der Waals surface area contributed by atoms with Crippen LogP contribution in [-0.4, -0.2) is 47.3 Å². The number of nitro groups is 1. The van der Waals surface area contributed by atoms with Gasteiger partial charge in [0.15, 0.2) is 0 Å². The summed E-state index contributed by atoms with van der Waals surface area (Å²) in [5.41, 5.74) is 2.73. The van der Waals surface area contributed by atoms with Gasteiger partial charge in [0.25, 0.3) is 5.69 Å². The molecule has 0 unspecified atom stereocenters. The van der Waals surface area contributed by atoms with Gasteiger partial charge in [-0.25, -0.2) is 0 Å². The van der Waals surface area contributed by atoms with Crippen LogP contribution in [0.4, 0.5) is 5.69 Å². The second-order valence-corrected chi connectivity index (χ2v) is 9.93. The number of hydrogen-bond acceptors (Lipinski definition) is 8. The van der Waals surface area contributed by atoms with Crippen LogP contribution >= 0.6 is 0 Å². The SMILES string of the molecule is O=[N+]([O-])c1cccc(O[C@@H]2O[C@H](COCc3ccccc3)[C@@H](OCc3ccccc3)[C@H](OCc3ccccc3)[C@H]2O)c1. The van der Waals surface area contributed by atoms with Crippen molar-refractivity contribution in [3.8, 4) is 5.75 Å². The van der Waals surface area contributed by atoms with Gasteiger partial charge in [-0.1, -0.05) is 97.1 Å². The molecule has 0 bridgehead atoms. The van der Waals surface area contributed by atoms with Gasteiger partial charge in [-0.15, -0.1) is 0 Å². The number of nitrogens with zero attached hydrogens (tertiary/aromatic N) is 1. The Morgan fingerprint density at radius 1 is 0.714 bits per heavy atom. The average Bonchev–Trinajstić information content (AvgIpc) is 3.03. The van der Waals surface area contributed by atoms with E-state index in [-0.39, 0.29) is 31.3 Å². The number of rotatable bonds is 13. The molecule has 1 saturated heterocycles. The molecule has 1 fully saturated rings. The molecule has 42 heavy (non-hydrogen) atoms. The minimum Gasteiger partial charge on any atom is -0.462 e. The summed E-state index contributed by atoms with van der Waals surface area (Å²) in [5.74, 6) is 0.183. The molecule has 4 aromatic carbocycles. The Morgan fingerprint density at radius 3 is 1.83 bits per heavy atom. The maximum Gasteiger partial charge on any atom is 0.273 e. The normalized spacial score (nSPS) is 22.0. The topological polar surface area (TPSA) is 110 Å². The number of hydrogen-bond donors (Lipinski definition) is 1. The Hall–Kier alpha value is -4.12. The number of aliphatic hydroxyl groups excluding tert-OH is 1. The molecule has 0 radical (unpaired) electrons. The molecular formula is C33H33NO8. The molecule has 0 spiro atoms. The summed E-state index contributed by atoms with van der Waals surface area (Å²) in [4.78, 5) is 10.8. The van der Waals surface area contributed by atoms with Crippen LogP contribution in [0.5, 0.6) is 5.75 Å². The molecule has 218 valence electrons. The van der Waals surface area contributed by atoms with E-state index in [1.54, 1.807) is 6.07 Å². The minimum absolute atomic E-state index is 0.126. The lowest BCUT2D eigenvalue weighted by molar-refractivity contribution is -0.385. The quantitative estimate of drug-likeness (QED) is 0.167. The van der Waals surface area contributed by atoms with E-state index in [9.17, 15) is 15.2 Å². The minimum atomic E-state index is -1.28. The third kappa shape index (κ3) is 8.00. The predicted molar refractivity (Wildman–Crippen MR) is 155 cm³/mol. The largest absolute Gasteiger partial charge is 0.462 e. The molecule has 0 aliphatic carbocycles.